The second-order valence-corrected chi connectivity index (χ2v) is 5.43. The van der Waals surface area contributed by atoms with E-state index in [9.17, 15) is 0 Å². The minimum atomic E-state index is 0.409. The molecule has 0 aliphatic heterocycles. The van der Waals surface area contributed by atoms with Gasteiger partial charge < -0.3 is 10.5 Å². The van der Waals surface area contributed by atoms with Crippen molar-refractivity contribution in [2.45, 2.75) is 57.7 Å². The zero-order chi connectivity index (χ0) is 12.1. The summed E-state index contributed by atoms with van der Waals surface area (Å²) in [5.74, 6) is 0. The summed E-state index contributed by atoms with van der Waals surface area (Å²) in [5, 5.41) is 0. The Morgan fingerprint density at radius 1 is 1.50 bits per heavy atom. The maximum atomic E-state index is 5.66. The van der Waals surface area contributed by atoms with Crippen LogP contribution in [0.25, 0.3) is 0 Å². The number of methoxy groups -OCH3 is 1. The fraction of sp³-hybridized carbons (Fsp3) is 0.917. The molecule has 1 aliphatic rings. The highest BCUT2D eigenvalue weighted by Crippen LogP contribution is 2.26. The largest absolute Gasteiger partial charge is 0.392 e. The van der Waals surface area contributed by atoms with Crippen molar-refractivity contribution in [3.63, 3.8) is 0 Å². The molecule has 1 rings (SSSR count). The van der Waals surface area contributed by atoms with Gasteiger partial charge in [0.15, 0.2) is 0 Å². The van der Waals surface area contributed by atoms with E-state index in [1.54, 1.807) is 7.11 Å². The van der Waals surface area contributed by atoms with Crippen LogP contribution < -0.4 is 5.73 Å². The lowest BCUT2D eigenvalue weighted by atomic mass is 9.91. The fourth-order valence-electron chi connectivity index (χ4n) is 2.55. The first-order chi connectivity index (χ1) is 7.54. The minimum absolute atomic E-state index is 0.409. The van der Waals surface area contributed by atoms with Gasteiger partial charge in [0.2, 0.25) is 0 Å². The van der Waals surface area contributed by atoms with Gasteiger partial charge in [-0.3, -0.25) is 4.90 Å². The topological polar surface area (TPSA) is 38.5 Å². The normalized spacial score (nSPS) is 26.3. The maximum Gasteiger partial charge on any atom is 0.0870 e. The molecular formula is C12H24N2OS. The molecule has 2 unspecified atom stereocenters. The first kappa shape index (κ1) is 13.9. The van der Waals surface area contributed by atoms with Crippen LogP contribution in [0.2, 0.25) is 0 Å². The predicted molar refractivity (Wildman–Crippen MR) is 71.7 cm³/mol. The Labute approximate surface area is 104 Å². The van der Waals surface area contributed by atoms with Gasteiger partial charge in [0.1, 0.15) is 0 Å². The summed E-state index contributed by atoms with van der Waals surface area (Å²) < 4.78 is 5.47. The second kappa shape index (κ2) is 6.52. The molecule has 0 heterocycles. The van der Waals surface area contributed by atoms with Crippen molar-refractivity contribution < 1.29 is 4.74 Å². The van der Waals surface area contributed by atoms with Crippen LogP contribution in [-0.4, -0.2) is 41.7 Å². The third-order valence-corrected chi connectivity index (χ3v) is 3.53. The van der Waals surface area contributed by atoms with Gasteiger partial charge in [0, 0.05) is 25.7 Å². The summed E-state index contributed by atoms with van der Waals surface area (Å²) in [7, 11) is 1.81. The number of ether oxygens (including phenoxy) is 1. The van der Waals surface area contributed by atoms with E-state index in [2.05, 4.69) is 18.7 Å². The Bertz CT molecular complexity index is 233. The van der Waals surface area contributed by atoms with Crippen molar-refractivity contribution in [1.29, 1.82) is 0 Å². The average Bonchev–Trinajstić information content (AvgIpc) is 2.25. The zero-order valence-electron chi connectivity index (χ0n) is 10.6. The summed E-state index contributed by atoms with van der Waals surface area (Å²) in [4.78, 5) is 3.00. The molecular weight excluding hydrogens is 220 g/mol. The predicted octanol–water partition coefficient (Wildman–Crippen LogP) is 1.94. The molecule has 0 aromatic carbocycles. The summed E-state index contributed by atoms with van der Waals surface area (Å²) in [6.07, 6.45) is 5.18. The zero-order valence-corrected chi connectivity index (χ0v) is 11.4. The molecule has 0 radical (unpaired) electrons. The Balaban J connectivity index is 2.59. The standard InChI is InChI=1S/C12H24N2OS/c1-9(2)14(8-12(13)16)10-5-4-6-11(7-10)15-3/h9-11H,4-8H2,1-3H3,(H2,13,16). The molecule has 0 amide bonds. The second-order valence-electron chi connectivity index (χ2n) is 4.91. The van der Waals surface area contributed by atoms with Crippen molar-refractivity contribution in [2.24, 2.45) is 5.73 Å². The molecule has 1 fully saturated rings. The molecule has 1 aliphatic carbocycles. The number of rotatable bonds is 5. The fourth-order valence-corrected chi connectivity index (χ4v) is 2.70. The quantitative estimate of drug-likeness (QED) is 0.750. The van der Waals surface area contributed by atoms with Gasteiger partial charge in [0.05, 0.1) is 11.1 Å². The highest BCUT2D eigenvalue weighted by Gasteiger charge is 2.28. The van der Waals surface area contributed by atoms with Crippen molar-refractivity contribution >= 4 is 17.2 Å². The molecule has 4 heteroatoms. The molecule has 0 spiro atoms. The third-order valence-electron chi connectivity index (χ3n) is 3.40. The molecule has 0 bridgehead atoms. The summed E-state index contributed by atoms with van der Waals surface area (Å²) in [6.45, 7) is 5.14. The minimum Gasteiger partial charge on any atom is -0.392 e. The maximum absolute atomic E-state index is 5.66. The van der Waals surface area contributed by atoms with E-state index in [4.69, 9.17) is 22.7 Å². The van der Waals surface area contributed by atoms with Gasteiger partial charge in [-0.15, -0.1) is 0 Å². The molecule has 0 aromatic heterocycles. The van der Waals surface area contributed by atoms with E-state index >= 15 is 0 Å². The number of hydrogen-bond donors (Lipinski definition) is 1. The van der Waals surface area contributed by atoms with Crippen LogP contribution in [0.5, 0.6) is 0 Å². The van der Waals surface area contributed by atoms with Gasteiger partial charge in [-0.05, 0) is 39.5 Å². The lowest BCUT2D eigenvalue weighted by Gasteiger charge is -2.39. The van der Waals surface area contributed by atoms with Gasteiger partial charge in [-0.1, -0.05) is 12.2 Å². The summed E-state index contributed by atoms with van der Waals surface area (Å²) in [5.41, 5.74) is 5.66. The van der Waals surface area contributed by atoms with Crippen molar-refractivity contribution in [3.8, 4) is 0 Å². The number of hydrogen-bond acceptors (Lipinski definition) is 3. The lowest BCUT2D eigenvalue weighted by Crippen LogP contribution is -2.47. The molecule has 1 saturated carbocycles. The van der Waals surface area contributed by atoms with Gasteiger partial charge in [-0.2, -0.15) is 0 Å². The van der Waals surface area contributed by atoms with E-state index < -0.39 is 0 Å². The third kappa shape index (κ3) is 4.00. The van der Waals surface area contributed by atoms with E-state index in [1.807, 2.05) is 0 Å². The van der Waals surface area contributed by atoms with Crippen LogP contribution in [-0.2, 0) is 4.74 Å². The lowest BCUT2D eigenvalue weighted by molar-refractivity contribution is 0.0242. The average molecular weight is 244 g/mol. The monoisotopic (exact) mass is 244 g/mol. The van der Waals surface area contributed by atoms with E-state index in [0.717, 1.165) is 13.0 Å². The van der Waals surface area contributed by atoms with Crippen LogP contribution in [0.4, 0.5) is 0 Å². The van der Waals surface area contributed by atoms with Crippen molar-refractivity contribution in [2.75, 3.05) is 13.7 Å². The molecule has 3 nitrogen and oxygen atoms in total. The van der Waals surface area contributed by atoms with Gasteiger partial charge >= 0.3 is 0 Å². The van der Waals surface area contributed by atoms with E-state index in [0.29, 0.717) is 23.2 Å². The highest BCUT2D eigenvalue weighted by molar-refractivity contribution is 7.80. The first-order valence-electron chi connectivity index (χ1n) is 6.11. The van der Waals surface area contributed by atoms with Crippen molar-refractivity contribution in [1.82, 2.24) is 4.90 Å². The molecule has 0 saturated heterocycles. The van der Waals surface area contributed by atoms with E-state index in [1.165, 1.54) is 19.3 Å². The molecule has 94 valence electrons. The Morgan fingerprint density at radius 3 is 2.69 bits per heavy atom. The highest BCUT2D eigenvalue weighted by atomic mass is 32.1. The van der Waals surface area contributed by atoms with Crippen LogP contribution >= 0.6 is 12.2 Å². The smallest absolute Gasteiger partial charge is 0.0870 e. The molecule has 2 atom stereocenters. The first-order valence-corrected chi connectivity index (χ1v) is 6.52. The molecule has 16 heavy (non-hydrogen) atoms. The number of nitrogens with two attached hydrogens (primary N) is 1. The van der Waals surface area contributed by atoms with Crippen LogP contribution in [0, 0.1) is 0 Å². The van der Waals surface area contributed by atoms with Crippen LogP contribution in [0.1, 0.15) is 39.5 Å². The van der Waals surface area contributed by atoms with Gasteiger partial charge in [-0.25, -0.2) is 0 Å². The Morgan fingerprint density at radius 2 is 2.19 bits per heavy atom. The summed E-state index contributed by atoms with van der Waals surface area (Å²) >= 11 is 5.02. The summed E-state index contributed by atoms with van der Waals surface area (Å²) in [6, 6.07) is 1.06. The Kier molecular flexibility index (Phi) is 5.66. The molecule has 2 N–H and O–H groups in total. The number of thiocarbonyl (C=S) groups is 1. The molecule has 0 aromatic rings. The van der Waals surface area contributed by atoms with Crippen molar-refractivity contribution in [3.05, 3.63) is 0 Å². The van der Waals surface area contributed by atoms with Crippen LogP contribution in [0.3, 0.4) is 0 Å². The number of nitrogens with zero attached hydrogens (tertiary/aromatic N) is 1. The Hall–Kier alpha value is -0.190. The SMILES string of the molecule is COC1CCCC(N(CC(N)=S)C(C)C)C1. The van der Waals surface area contributed by atoms with E-state index in [-0.39, 0.29) is 0 Å². The van der Waals surface area contributed by atoms with Crippen LogP contribution in [0.15, 0.2) is 0 Å². The van der Waals surface area contributed by atoms with Gasteiger partial charge in [0.25, 0.3) is 0 Å².